The van der Waals surface area contributed by atoms with Gasteiger partial charge in [-0.05, 0) is 49.4 Å². The van der Waals surface area contributed by atoms with Crippen molar-refractivity contribution in [2.24, 2.45) is 17.3 Å². The van der Waals surface area contributed by atoms with E-state index in [9.17, 15) is 9.18 Å². The summed E-state index contributed by atoms with van der Waals surface area (Å²) in [6.07, 6.45) is 28.8. The van der Waals surface area contributed by atoms with Crippen molar-refractivity contribution < 1.29 is 13.9 Å². The van der Waals surface area contributed by atoms with Gasteiger partial charge in [0.05, 0.1) is 6.61 Å². The Labute approximate surface area is 251 Å². The molecule has 3 heteroatoms. The van der Waals surface area contributed by atoms with Crippen molar-refractivity contribution in [1.29, 1.82) is 0 Å². The lowest BCUT2D eigenvalue weighted by Gasteiger charge is -2.31. The van der Waals surface area contributed by atoms with Crippen LogP contribution < -0.4 is 0 Å². The van der Waals surface area contributed by atoms with Crippen LogP contribution in [0.5, 0.6) is 0 Å². The van der Waals surface area contributed by atoms with Gasteiger partial charge in [0.25, 0.3) is 0 Å². The van der Waals surface area contributed by atoms with Crippen LogP contribution in [0.2, 0.25) is 0 Å². The standard InChI is InChI=1S/C37H73FO2/c1-7-10-13-16-17-18-23-28-34(37(4,5)6)29-24-19-20-25-30-35(38)36(39)40-32-31-33(26-21-14-11-8-2)27-22-15-12-9-3/h33-35H,7-32H2,1-6H3. The fourth-order valence-corrected chi connectivity index (χ4v) is 6.11. The Kier molecular flexibility index (Phi) is 26.8. The molecule has 0 aromatic heterocycles. The normalized spacial score (nSPS) is 13.6. The molecule has 2 unspecified atom stereocenters. The number of esters is 1. The number of rotatable bonds is 29. The lowest BCUT2D eigenvalue weighted by atomic mass is 9.75. The summed E-state index contributed by atoms with van der Waals surface area (Å²) in [6, 6.07) is 0. The number of hydrogen-bond acceptors (Lipinski definition) is 2. The number of unbranched alkanes of at least 4 members (excludes halogenated alkanes) is 15. The second-order valence-electron chi connectivity index (χ2n) is 14.0. The fraction of sp³-hybridized carbons (Fsp3) is 0.973. The summed E-state index contributed by atoms with van der Waals surface area (Å²) < 4.78 is 19.9. The number of ether oxygens (including phenoxy) is 1. The van der Waals surface area contributed by atoms with E-state index in [1.807, 2.05) is 0 Å². The van der Waals surface area contributed by atoms with Crippen LogP contribution in [-0.2, 0) is 9.53 Å². The Morgan fingerprint density at radius 1 is 0.550 bits per heavy atom. The molecule has 0 bridgehead atoms. The fourth-order valence-electron chi connectivity index (χ4n) is 6.11. The average molecular weight is 569 g/mol. The van der Waals surface area contributed by atoms with Crippen LogP contribution >= 0.6 is 0 Å². The zero-order chi connectivity index (χ0) is 29.9. The summed E-state index contributed by atoms with van der Waals surface area (Å²) in [5.41, 5.74) is 0.361. The molecule has 0 aliphatic heterocycles. The minimum Gasteiger partial charge on any atom is -0.464 e. The summed E-state index contributed by atoms with van der Waals surface area (Å²) in [7, 11) is 0. The second-order valence-corrected chi connectivity index (χ2v) is 14.0. The molecular formula is C37H73FO2. The summed E-state index contributed by atoms with van der Waals surface area (Å²) in [5, 5.41) is 0. The first-order valence-corrected chi connectivity index (χ1v) is 18.1. The molecule has 40 heavy (non-hydrogen) atoms. The zero-order valence-electron chi connectivity index (χ0n) is 28.3. The Hall–Kier alpha value is -0.600. The molecule has 2 atom stereocenters. The largest absolute Gasteiger partial charge is 0.464 e. The smallest absolute Gasteiger partial charge is 0.340 e. The monoisotopic (exact) mass is 569 g/mol. The van der Waals surface area contributed by atoms with Crippen LogP contribution in [0.15, 0.2) is 0 Å². The van der Waals surface area contributed by atoms with Crippen molar-refractivity contribution >= 4 is 5.97 Å². The van der Waals surface area contributed by atoms with Gasteiger partial charge in [-0.2, -0.15) is 0 Å². The highest BCUT2D eigenvalue weighted by atomic mass is 19.1. The highest BCUT2D eigenvalue weighted by Crippen LogP contribution is 2.34. The predicted molar refractivity (Wildman–Crippen MR) is 175 cm³/mol. The topological polar surface area (TPSA) is 26.3 Å². The Morgan fingerprint density at radius 2 is 0.925 bits per heavy atom. The van der Waals surface area contributed by atoms with Gasteiger partial charge < -0.3 is 4.74 Å². The van der Waals surface area contributed by atoms with Crippen molar-refractivity contribution in [3.8, 4) is 0 Å². The van der Waals surface area contributed by atoms with Gasteiger partial charge in [0.2, 0.25) is 0 Å². The molecule has 0 N–H and O–H groups in total. The van der Waals surface area contributed by atoms with E-state index in [0.29, 0.717) is 24.4 Å². The molecule has 0 aromatic carbocycles. The van der Waals surface area contributed by atoms with Crippen molar-refractivity contribution in [1.82, 2.24) is 0 Å². The molecule has 0 aliphatic carbocycles. The van der Waals surface area contributed by atoms with E-state index >= 15 is 0 Å². The first kappa shape index (κ1) is 39.4. The van der Waals surface area contributed by atoms with Crippen LogP contribution in [-0.4, -0.2) is 18.7 Å². The van der Waals surface area contributed by atoms with Crippen molar-refractivity contribution in [3.63, 3.8) is 0 Å². The van der Waals surface area contributed by atoms with E-state index < -0.39 is 12.1 Å². The summed E-state index contributed by atoms with van der Waals surface area (Å²) in [4.78, 5) is 12.2. The Bertz CT molecular complexity index is 529. The molecule has 2 nitrogen and oxygen atoms in total. The van der Waals surface area contributed by atoms with E-state index in [2.05, 4.69) is 41.5 Å². The van der Waals surface area contributed by atoms with E-state index in [0.717, 1.165) is 31.6 Å². The second kappa shape index (κ2) is 27.2. The van der Waals surface area contributed by atoms with E-state index in [1.54, 1.807) is 0 Å². The zero-order valence-corrected chi connectivity index (χ0v) is 28.3. The minimum absolute atomic E-state index is 0.316. The molecule has 0 aromatic rings. The lowest BCUT2D eigenvalue weighted by molar-refractivity contribution is -0.150. The van der Waals surface area contributed by atoms with Gasteiger partial charge in [0.1, 0.15) is 0 Å². The average Bonchev–Trinajstić information content (AvgIpc) is 2.92. The van der Waals surface area contributed by atoms with Gasteiger partial charge in [0, 0.05) is 0 Å². The van der Waals surface area contributed by atoms with E-state index in [4.69, 9.17) is 4.74 Å². The molecule has 240 valence electrons. The first-order chi connectivity index (χ1) is 19.3. The van der Waals surface area contributed by atoms with Crippen LogP contribution in [0.1, 0.15) is 202 Å². The summed E-state index contributed by atoms with van der Waals surface area (Å²) >= 11 is 0. The highest BCUT2D eigenvalue weighted by molar-refractivity contribution is 5.74. The number of carbonyl (C=O) groups is 1. The lowest BCUT2D eigenvalue weighted by Crippen LogP contribution is -2.21. The molecule has 0 amide bonds. The van der Waals surface area contributed by atoms with Gasteiger partial charge >= 0.3 is 5.97 Å². The van der Waals surface area contributed by atoms with E-state index in [1.165, 1.54) is 128 Å². The van der Waals surface area contributed by atoms with Crippen molar-refractivity contribution in [2.45, 2.75) is 208 Å². The minimum atomic E-state index is -1.45. The summed E-state index contributed by atoms with van der Waals surface area (Å²) in [5.74, 6) is 0.759. The maximum Gasteiger partial charge on any atom is 0.340 e. The van der Waals surface area contributed by atoms with Crippen LogP contribution in [0.4, 0.5) is 4.39 Å². The Balaban J connectivity index is 4.10. The molecule has 0 aliphatic rings. The third-order valence-electron chi connectivity index (χ3n) is 9.10. The van der Waals surface area contributed by atoms with Crippen molar-refractivity contribution in [3.05, 3.63) is 0 Å². The van der Waals surface area contributed by atoms with Gasteiger partial charge in [-0.1, -0.05) is 170 Å². The molecule has 0 heterocycles. The maximum atomic E-state index is 14.5. The predicted octanol–water partition coefficient (Wildman–Crippen LogP) is 13.0. The van der Waals surface area contributed by atoms with Crippen LogP contribution in [0.3, 0.4) is 0 Å². The van der Waals surface area contributed by atoms with Gasteiger partial charge in [-0.25, -0.2) is 9.18 Å². The number of halogens is 1. The molecule has 0 rings (SSSR count). The molecule has 0 saturated heterocycles. The Morgan fingerprint density at radius 3 is 1.38 bits per heavy atom. The van der Waals surface area contributed by atoms with Gasteiger partial charge in [-0.3, -0.25) is 0 Å². The molecule has 0 saturated carbocycles. The number of alkyl halides is 1. The van der Waals surface area contributed by atoms with E-state index in [-0.39, 0.29) is 0 Å². The quantitative estimate of drug-likeness (QED) is 0.0662. The third-order valence-corrected chi connectivity index (χ3v) is 9.10. The SMILES string of the molecule is CCCCCCCCCC(CCCCCCC(F)C(=O)OCCC(CCCCCC)CCCCCC)C(C)(C)C. The first-order valence-electron chi connectivity index (χ1n) is 18.1. The summed E-state index contributed by atoms with van der Waals surface area (Å²) in [6.45, 7) is 14.3. The molecule has 0 radical (unpaired) electrons. The number of hydrogen-bond donors (Lipinski definition) is 0. The third kappa shape index (κ3) is 24.0. The molecular weight excluding hydrogens is 495 g/mol. The van der Waals surface area contributed by atoms with Crippen LogP contribution in [0, 0.1) is 17.3 Å². The molecule has 0 fully saturated rings. The molecule has 0 spiro atoms. The highest BCUT2D eigenvalue weighted by Gasteiger charge is 2.24. The number of carbonyl (C=O) groups excluding carboxylic acids is 1. The van der Waals surface area contributed by atoms with Crippen molar-refractivity contribution in [2.75, 3.05) is 6.61 Å². The van der Waals surface area contributed by atoms with Crippen LogP contribution in [0.25, 0.3) is 0 Å². The van der Waals surface area contributed by atoms with Gasteiger partial charge in [0.15, 0.2) is 6.17 Å². The maximum absolute atomic E-state index is 14.5. The van der Waals surface area contributed by atoms with Gasteiger partial charge in [-0.15, -0.1) is 0 Å².